The number of hydrogen-bond acceptors (Lipinski definition) is 5. The van der Waals surface area contributed by atoms with Gasteiger partial charge in [-0.2, -0.15) is 4.68 Å². The zero-order chi connectivity index (χ0) is 15.9. The highest BCUT2D eigenvalue weighted by Crippen LogP contribution is 2.17. The summed E-state index contributed by atoms with van der Waals surface area (Å²) in [6, 6.07) is 18.4. The zero-order valence-electron chi connectivity index (χ0n) is 13.4. The fraction of sp³-hybridized carbons (Fsp3) is 0.235. The maximum absolute atomic E-state index is 4.10. The van der Waals surface area contributed by atoms with Gasteiger partial charge in [0.2, 0.25) is 5.16 Å². The molecule has 126 valence electrons. The Balaban J connectivity index is 0.00000208. The van der Waals surface area contributed by atoms with Crippen molar-refractivity contribution >= 4 is 11.8 Å². The number of hydrogen-bond donors (Lipinski definition) is 1. The van der Waals surface area contributed by atoms with E-state index in [1.807, 2.05) is 30.3 Å². The average Bonchev–Trinajstić information content (AvgIpc) is 3.05. The van der Waals surface area contributed by atoms with Gasteiger partial charge in [0.15, 0.2) is 0 Å². The molecule has 0 unspecified atom stereocenters. The quantitative estimate of drug-likeness (QED) is 0.469. The van der Waals surface area contributed by atoms with E-state index >= 15 is 0 Å². The SMILES string of the molecule is Cc1ccccc1CNCCSc1nnnn1-c1ccccc1.[Cl-]. The minimum absolute atomic E-state index is 0. The molecular weight excluding hydrogens is 342 g/mol. The fourth-order valence-electron chi connectivity index (χ4n) is 2.25. The van der Waals surface area contributed by atoms with Crippen molar-refractivity contribution in [1.82, 2.24) is 25.5 Å². The zero-order valence-corrected chi connectivity index (χ0v) is 15.0. The predicted octanol–water partition coefficient (Wildman–Crippen LogP) is -0.143. The van der Waals surface area contributed by atoms with Crippen molar-refractivity contribution in [3.63, 3.8) is 0 Å². The first-order valence-corrected chi connectivity index (χ1v) is 8.55. The van der Waals surface area contributed by atoms with Gasteiger partial charge in [-0.1, -0.05) is 54.2 Å². The van der Waals surface area contributed by atoms with Gasteiger partial charge in [0.05, 0.1) is 5.69 Å². The molecule has 0 atom stereocenters. The van der Waals surface area contributed by atoms with Gasteiger partial charge in [-0.25, -0.2) is 0 Å². The highest BCUT2D eigenvalue weighted by Gasteiger charge is 2.08. The summed E-state index contributed by atoms with van der Waals surface area (Å²) in [6.45, 7) is 3.93. The Kier molecular flexibility index (Phi) is 7.24. The van der Waals surface area contributed by atoms with Crippen LogP contribution in [0.15, 0.2) is 59.8 Å². The molecule has 3 rings (SSSR count). The van der Waals surface area contributed by atoms with E-state index in [2.05, 4.69) is 52.0 Å². The minimum Gasteiger partial charge on any atom is -1.00 e. The lowest BCUT2D eigenvalue weighted by Gasteiger charge is -2.07. The van der Waals surface area contributed by atoms with Crippen LogP contribution in [0.4, 0.5) is 0 Å². The Morgan fingerprint density at radius 1 is 1.04 bits per heavy atom. The standard InChI is InChI=1S/C17H19N5S.ClH/c1-14-7-5-6-8-15(14)13-18-11-12-23-17-19-20-21-22(17)16-9-3-2-4-10-16;/h2-10,18H,11-13H2,1H3;1H/p-1. The van der Waals surface area contributed by atoms with Crippen molar-refractivity contribution in [3.8, 4) is 5.69 Å². The van der Waals surface area contributed by atoms with E-state index in [1.54, 1.807) is 16.4 Å². The van der Waals surface area contributed by atoms with E-state index in [-0.39, 0.29) is 12.4 Å². The second-order valence-corrected chi connectivity index (χ2v) is 6.22. The highest BCUT2D eigenvalue weighted by atomic mass is 35.5. The number of nitrogens with zero attached hydrogens (tertiary/aromatic N) is 4. The molecule has 0 radical (unpaired) electrons. The molecule has 1 aromatic heterocycles. The van der Waals surface area contributed by atoms with Gasteiger partial charge in [0.25, 0.3) is 0 Å². The summed E-state index contributed by atoms with van der Waals surface area (Å²) in [4.78, 5) is 0. The van der Waals surface area contributed by atoms with Gasteiger partial charge < -0.3 is 17.7 Å². The Bertz CT molecular complexity index is 748. The first-order valence-electron chi connectivity index (χ1n) is 7.56. The molecule has 0 fully saturated rings. The molecule has 0 aliphatic carbocycles. The first-order chi connectivity index (χ1) is 11.3. The number of aryl methyl sites for hydroxylation is 1. The van der Waals surface area contributed by atoms with E-state index in [1.165, 1.54) is 11.1 Å². The number of nitrogens with one attached hydrogen (secondary N) is 1. The molecule has 0 saturated heterocycles. The van der Waals surface area contributed by atoms with E-state index in [9.17, 15) is 0 Å². The van der Waals surface area contributed by atoms with Crippen LogP contribution in [-0.2, 0) is 6.54 Å². The van der Waals surface area contributed by atoms with Crippen LogP contribution in [-0.4, -0.2) is 32.5 Å². The number of para-hydroxylation sites is 1. The van der Waals surface area contributed by atoms with Gasteiger partial charge in [-0.3, -0.25) is 0 Å². The van der Waals surface area contributed by atoms with Crippen LogP contribution in [0.5, 0.6) is 0 Å². The van der Waals surface area contributed by atoms with E-state index in [4.69, 9.17) is 0 Å². The van der Waals surface area contributed by atoms with Crippen molar-refractivity contribution in [3.05, 3.63) is 65.7 Å². The molecular formula is C17H19ClN5S-. The number of tetrazole rings is 1. The van der Waals surface area contributed by atoms with Crippen LogP contribution in [0.2, 0.25) is 0 Å². The molecule has 3 aromatic rings. The molecule has 1 heterocycles. The van der Waals surface area contributed by atoms with Gasteiger partial charge in [0.1, 0.15) is 0 Å². The fourth-order valence-corrected chi connectivity index (χ4v) is 3.03. The van der Waals surface area contributed by atoms with Crippen LogP contribution in [0.1, 0.15) is 11.1 Å². The highest BCUT2D eigenvalue weighted by molar-refractivity contribution is 7.99. The van der Waals surface area contributed by atoms with Crippen molar-refractivity contribution in [1.29, 1.82) is 0 Å². The average molecular weight is 361 g/mol. The lowest BCUT2D eigenvalue weighted by atomic mass is 10.1. The molecule has 24 heavy (non-hydrogen) atoms. The molecule has 5 nitrogen and oxygen atoms in total. The van der Waals surface area contributed by atoms with Crippen molar-refractivity contribution in [2.24, 2.45) is 0 Å². The summed E-state index contributed by atoms with van der Waals surface area (Å²) in [7, 11) is 0. The van der Waals surface area contributed by atoms with Gasteiger partial charge in [0, 0.05) is 18.8 Å². The summed E-state index contributed by atoms with van der Waals surface area (Å²) >= 11 is 1.65. The third-order valence-corrected chi connectivity index (χ3v) is 4.45. The molecule has 0 aliphatic heterocycles. The van der Waals surface area contributed by atoms with Crippen LogP contribution in [0, 0.1) is 6.92 Å². The Hall–Kier alpha value is -1.89. The smallest absolute Gasteiger partial charge is 0.214 e. The van der Waals surface area contributed by atoms with E-state index < -0.39 is 0 Å². The number of halogens is 1. The molecule has 2 aromatic carbocycles. The third kappa shape index (κ3) is 4.80. The molecule has 7 heteroatoms. The van der Waals surface area contributed by atoms with Crippen LogP contribution in [0.3, 0.4) is 0 Å². The van der Waals surface area contributed by atoms with Gasteiger partial charge >= 0.3 is 0 Å². The third-order valence-electron chi connectivity index (χ3n) is 3.53. The van der Waals surface area contributed by atoms with E-state index in [0.717, 1.165) is 29.7 Å². The lowest BCUT2D eigenvalue weighted by Crippen LogP contribution is -3.00. The Morgan fingerprint density at radius 2 is 1.79 bits per heavy atom. The van der Waals surface area contributed by atoms with Gasteiger partial charge in [-0.05, 0) is 40.6 Å². The second-order valence-electron chi connectivity index (χ2n) is 5.16. The van der Waals surface area contributed by atoms with E-state index in [0.29, 0.717) is 0 Å². The molecule has 0 aliphatic rings. The van der Waals surface area contributed by atoms with Crippen molar-refractivity contribution < 1.29 is 12.4 Å². The number of benzene rings is 2. The predicted molar refractivity (Wildman–Crippen MR) is 92.8 cm³/mol. The Labute approximate surface area is 152 Å². The summed E-state index contributed by atoms with van der Waals surface area (Å²) in [6.07, 6.45) is 0. The summed E-state index contributed by atoms with van der Waals surface area (Å²) < 4.78 is 1.77. The van der Waals surface area contributed by atoms with Crippen LogP contribution in [0.25, 0.3) is 5.69 Å². The second kappa shape index (κ2) is 9.42. The van der Waals surface area contributed by atoms with Gasteiger partial charge in [-0.15, -0.1) is 5.10 Å². The number of thioether (sulfide) groups is 1. The van der Waals surface area contributed by atoms with Crippen LogP contribution < -0.4 is 17.7 Å². The van der Waals surface area contributed by atoms with Crippen LogP contribution >= 0.6 is 11.8 Å². The lowest BCUT2D eigenvalue weighted by molar-refractivity contribution is -0.00000483. The summed E-state index contributed by atoms with van der Waals surface area (Å²) in [5.41, 5.74) is 3.64. The molecule has 0 saturated carbocycles. The molecule has 0 amide bonds. The molecule has 1 N–H and O–H groups in total. The Morgan fingerprint density at radius 3 is 2.58 bits per heavy atom. The maximum atomic E-state index is 4.10. The normalized spacial score (nSPS) is 10.4. The minimum atomic E-state index is 0. The molecule has 0 spiro atoms. The maximum Gasteiger partial charge on any atom is 0.214 e. The summed E-state index contributed by atoms with van der Waals surface area (Å²) in [5.74, 6) is 0.916. The number of aromatic nitrogens is 4. The first kappa shape index (κ1) is 18.4. The number of rotatable bonds is 7. The topological polar surface area (TPSA) is 55.6 Å². The largest absolute Gasteiger partial charge is 1.00 e. The summed E-state index contributed by atoms with van der Waals surface area (Å²) in [5, 5.41) is 16.2. The monoisotopic (exact) mass is 360 g/mol. The molecule has 0 bridgehead atoms. The van der Waals surface area contributed by atoms with Crippen molar-refractivity contribution in [2.75, 3.05) is 12.3 Å². The van der Waals surface area contributed by atoms with Crippen molar-refractivity contribution in [2.45, 2.75) is 18.6 Å².